The Morgan fingerprint density at radius 1 is 1.35 bits per heavy atom. The number of amides is 1. The Morgan fingerprint density at radius 3 is 2.90 bits per heavy atom. The summed E-state index contributed by atoms with van der Waals surface area (Å²) in [7, 11) is 1.67. The number of methoxy groups -OCH3 is 1. The molecule has 1 atom stereocenters. The molecule has 1 aromatic carbocycles. The molecule has 1 unspecified atom stereocenters. The van der Waals surface area contributed by atoms with Gasteiger partial charge in [0.2, 0.25) is 5.91 Å². The van der Waals surface area contributed by atoms with E-state index in [2.05, 4.69) is 16.3 Å². The van der Waals surface area contributed by atoms with Gasteiger partial charge in [-0.1, -0.05) is 12.1 Å². The highest BCUT2D eigenvalue weighted by Crippen LogP contribution is 2.32. The highest BCUT2D eigenvalue weighted by atomic mass is 32.2. The maximum absolute atomic E-state index is 12.2. The number of carbonyl (C=O) groups is 1. The lowest BCUT2D eigenvalue weighted by Crippen LogP contribution is -2.41. The molecule has 0 aliphatic carbocycles. The summed E-state index contributed by atoms with van der Waals surface area (Å²) in [6.07, 6.45) is 2.18. The van der Waals surface area contributed by atoms with E-state index in [9.17, 15) is 4.79 Å². The van der Waals surface area contributed by atoms with Crippen molar-refractivity contribution in [1.29, 1.82) is 0 Å². The number of benzene rings is 1. The Labute approximate surface area is 123 Å². The maximum atomic E-state index is 12.2. The lowest BCUT2D eigenvalue weighted by molar-refractivity contribution is -0.130. The molecule has 1 N–H and O–H groups in total. The molecule has 1 amide bonds. The summed E-state index contributed by atoms with van der Waals surface area (Å²) in [4.78, 5) is 14.3. The van der Waals surface area contributed by atoms with Crippen LogP contribution in [0.25, 0.3) is 0 Å². The van der Waals surface area contributed by atoms with Crippen LogP contribution in [0.1, 0.15) is 24.6 Å². The van der Waals surface area contributed by atoms with Crippen molar-refractivity contribution < 1.29 is 9.53 Å². The lowest BCUT2D eigenvalue weighted by atomic mass is 10.1. The van der Waals surface area contributed by atoms with Gasteiger partial charge in [0.25, 0.3) is 0 Å². The predicted octanol–water partition coefficient (Wildman–Crippen LogP) is 2.02. The van der Waals surface area contributed by atoms with E-state index in [1.54, 1.807) is 7.11 Å². The lowest BCUT2D eigenvalue weighted by Gasteiger charge is -2.35. The third-order valence-electron chi connectivity index (χ3n) is 4.01. The van der Waals surface area contributed by atoms with E-state index in [4.69, 9.17) is 4.74 Å². The molecular weight excluding hydrogens is 272 g/mol. The number of hydrogen-bond donors (Lipinski definition) is 1. The third kappa shape index (κ3) is 2.65. The van der Waals surface area contributed by atoms with Gasteiger partial charge in [0.05, 0.1) is 13.7 Å². The second-order valence-electron chi connectivity index (χ2n) is 5.20. The number of ether oxygens (including phenoxy) is 1. The first-order valence-electron chi connectivity index (χ1n) is 7.06. The van der Waals surface area contributed by atoms with E-state index in [1.807, 2.05) is 30.0 Å². The molecule has 0 saturated carbocycles. The number of thioether (sulfide) groups is 1. The molecule has 2 saturated heterocycles. The zero-order valence-corrected chi connectivity index (χ0v) is 12.5. The van der Waals surface area contributed by atoms with Gasteiger partial charge in [0, 0.05) is 6.04 Å². The summed E-state index contributed by atoms with van der Waals surface area (Å²) < 4.78 is 5.29. The molecule has 0 spiro atoms. The summed E-state index contributed by atoms with van der Waals surface area (Å²) in [5.74, 6) is 3.36. The minimum absolute atomic E-state index is 0.00861. The predicted molar refractivity (Wildman–Crippen MR) is 80.9 cm³/mol. The molecule has 4 nitrogen and oxygen atoms in total. The number of nitrogens with zero attached hydrogens (tertiary/aromatic N) is 1. The topological polar surface area (TPSA) is 41.6 Å². The van der Waals surface area contributed by atoms with Gasteiger partial charge in [-0.25, -0.2) is 0 Å². The van der Waals surface area contributed by atoms with Crippen LogP contribution >= 0.6 is 11.8 Å². The van der Waals surface area contributed by atoms with Gasteiger partial charge in [-0.3, -0.25) is 10.1 Å². The van der Waals surface area contributed by atoms with Crippen molar-refractivity contribution in [1.82, 2.24) is 10.2 Å². The SMILES string of the molecule is COc1cccc(C2NCC(=O)N2C2CCSCC2)c1. The summed E-state index contributed by atoms with van der Waals surface area (Å²) in [6, 6.07) is 8.36. The molecular formula is C15H20N2O2S. The van der Waals surface area contributed by atoms with Crippen molar-refractivity contribution in [2.75, 3.05) is 25.2 Å². The molecule has 5 heteroatoms. The second-order valence-corrected chi connectivity index (χ2v) is 6.43. The Hall–Kier alpha value is -1.20. The minimum Gasteiger partial charge on any atom is -0.497 e. The van der Waals surface area contributed by atoms with Crippen LogP contribution in [-0.4, -0.2) is 42.0 Å². The largest absolute Gasteiger partial charge is 0.497 e. The molecule has 2 aliphatic rings. The average molecular weight is 292 g/mol. The number of carbonyl (C=O) groups excluding carboxylic acids is 1. The van der Waals surface area contributed by atoms with Gasteiger partial charge in [-0.05, 0) is 42.0 Å². The standard InChI is InChI=1S/C15H20N2O2S/c1-19-13-4-2-3-11(9-13)15-16-10-14(18)17(15)12-5-7-20-8-6-12/h2-4,9,12,15-16H,5-8,10H2,1H3. The Bertz CT molecular complexity index is 489. The normalized spacial score (nSPS) is 24.1. The van der Waals surface area contributed by atoms with Crippen molar-refractivity contribution in [3.05, 3.63) is 29.8 Å². The average Bonchev–Trinajstić information content (AvgIpc) is 2.90. The smallest absolute Gasteiger partial charge is 0.238 e. The van der Waals surface area contributed by atoms with Crippen LogP contribution in [0.3, 0.4) is 0 Å². The monoisotopic (exact) mass is 292 g/mol. The van der Waals surface area contributed by atoms with E-state index < -0.39 is 0 Å². The Balaban J connectivity index is 1.84. The molecule has 3 rings (SSSR count). The highest BCUT2D eigenvalue weighted by molar-refractivity contribution is 7.99. The van der Waals surface area contributed by atoms with Crippen molar-refractivity contribution in [3.8, 4) is 5.75 Å². The summed E-state index contributed by atoms with van der Waals surface area (Å²) >= 11 is 1.98. The van der Waals surface area contributed by atoms with Crippen LogP contribution in [-0.2, 0) is 4.79 Å². The van der Waals surface area contributed by atoms with E-state index >= 15 is 0 Å². The number of rotatable bonds is 3. The fourth-order valence-electron chi connectivity index (χ4n) is 2.99. The van der Waals surface area contributed by atoms with Crippen LogP contribution in [0.4, 0.5) is 0 Å². The molecule has 2 aliphatic heterocycles. The minimum atomic E-state index is -0.00861. The fraction of sp³-hybridized carbons (Fsp3) is 0.533. The van der Waals surface area contributed by atoms with Crippen LogP contribution in [0.2, 0.25) is 0 Å². The first-order chi connectivity index (χ1) is 9.79. The Morgan fingerprint density at radius 2 is 2.15 bits per heavy atom. The van der Waals surface area contributed by atoms with E-state index in [0.29, 0.717) is 12.6 Å². The molecule has 0 radical (unpaired) electrons. The van der Waals surface area contributed by atoms with Crippen LogP contribution < -0.4 is 10.1 Å². The van der Waals surface area contributed by atoms with Crippen LogP contribution in [0.5, 0.6) is 5.75 Å². The highest BCUT2D eigenvalue weighted by Gasteiger charge is 2.37. The quantitative estimate of drug-likeness (QED) is 0.925. The second kappa shape index (κ2) is 6.06. The molecule has 0 aromatic heterocycles. The van der Waals surface area contributed by atoms with E-state index in [-0.39, 0.29) is 12.1 Å². The fourth-order valence-corrected chi connectivity index (χ4v) is 4.07. The Kier molecular flexibility index (Phi) is 4.17. The van der Waals surface area contributed by atoms with Gasteiger partial charge in [0.15, 0.2) is 0 Å². The maximum Gasteiger partial charge on any atom is 0.238 e. The van der Waals surface area contributed by atoms with Gasteiger partial charge in [-0.2, -0.15) is 11.8 Å². The molecule has 1 aromatic rings. The molecule has 0 bridgehead atoms. The van der Waals surface area contributed by atoms with Gasteiger partial charge in [0.1, 0.15) is 11.9 Å². The third-order valence-corrected chi connectivity index (χ3v) is 5.06. The molecule has 20 heavy (non-hydrogen) atoms. The van der Waals surface area contributed by atoms with Crippen molar-refractivity contribution in [2.24, 2.45) is 0 Å². The first-order valence-corrected chi connectivity index (χ1v) is 8.21. The van der Waals surface area contributed by atoms with Gasteiger partial charge in [-0.15, -0.1) is 0 Å². The van der Waals surface area contributed by atoms with Crippen molar-refractivity contribution in [2.45, 2.75) is 25.0 Å². The summed E-state index contributed by atoms with van der Waals surface area (Å²) in [5.41, 5.74) is 1.11. The summed E-state index contributed by atoms with van der Waals surface area (Å²) in [6.45, 7) is 0.436. The zero-order valence-electron chi connectivity index (χ0n) is 11.7. The van der Waals surface area contributed by atoms with E-state index in [1.165, 1.54) is 0 Å². The molecule has 108 valence electrons. The van der Waals surface area contributed by atoms with E-state index in [0.717, 1.165) is 35.7 Å². The number of hydrogen-bond acceptors (Lipinski definition) is 4. The first kappa shape index (κ1) is 13.8. The van der Waals surface area contributed by atoms with Crippen molar-refractivity contribution >= 4 is 17.7 Å². The van der Waals surface area contributed by atoms with Crippen molar-refractivity contribution in [3.63, 3.8) is 0 Å². The molecule has 2 heterocycles. The van der Waals surface area contributed by atoms with Gasteiger partial charge < -0.3 is 9.64 Å². The van der Waals surface area contributed by atoms with Gasteiger partial charge >= 0.3 is 0 Å². The zero-order chi connectivity index (χ0) is 13.9. The molecule has 2 fully saturated rings. The van der Waals surface area contributed by atoms with Crippen LogP contribution in [0, 0.1) is 0 Å². The number of nitrogens with one attached hydrogen (secondary N) is 1. The summed E-state index contributed by atoms with van der Waals surface area (Å²) in [5, 5.41) is 3.34. The van der Waals surface area contributed by atoms with Crippen LogP contribution in [0.15, 0.2) is 24.3 Å².